The van der Waals surface area contributed by atoms with Crippen LogP contribution in [0.25, 0.3) is 0 Å². The number of aromatic amines is 1. The maximum Gasteiger partial charge on any atom is 0.314 e. The lowest BCUT2D eigenvalue weighted by molar-refractivity contribution is 0.173. The molecule has 0 bridgehead atoms. The molecule has 2 amide bonds. The molecule has 1 aromatic carbocycles. The summed E-state index contributed by atoms with van der Waals surface area (Å²) in [5.74, 6) is -0.362. The zero-order chi connectivity index (χ0) is 16.7. The number of aromatic nitrogens is 2. The van der Waals surface area contributed by atoms with Crippen LogP contribution in [0.2, 0.25) is 0 Å². The summed E-state index contributed by atoms with van der Waals surface area (Å²) < 4.78 is 12.8. The Labute approximate surface area is 134 Å². The van der Waals surface area contributed by atoms with Gasteiger partial charge < -0.3 is 15.7 Å². The fraction of sp³-hybridized carbons (Fsp3) is 0.375. The summed E-state index contributed by atoms with van der Waals surface area (Å²) in [7, 11) is 0. The van der Waals surface area contributed by atoms with Gasteiger partial charge in [0.15, 0.2) is 0 Å². The average molecular weight is 320 g/mol. The number of hydrogen-bond donors (Lipinski definition) is 4. The van der Waals surface area contributed by atoms with Crippen molar-refractivity contribution in [1.29, 1.82) is 0 Å². The Bertz CT molecular complexity index is 627. The molecule has 1 unspecified atom stereocenters. The molecule has 2 rings (SSSR count). The second-order valence-corrected chi connectivity index (χ2v) is 5.33. The molecule has 1 atom stereocenters. The number of urea groups is 1. The highest BCUT2D eigenvalue weighted by Gasteiger charge is 2.09. The molecule has 0 saturated heterocycles. The molecule has 1 heterocycles. The second kappa shape index (κ2) is 8.28. The maximum atomic E-state index is 12.8. The average Bonchev–Trinajstić information content (AvgIpc) is 2.95. The first kappa shape index (κ1) is 17.0. The summed E-state index contributed by atoms with van der Waals surface area (Å²) in [6.07, 6.45) is 2.55. The van der Waals surface area contributed by atoms with Crippen LogP contribution in [0, 0.1) is 12.7 Å². The Kier molecular flexibility index (Phi) is 6.10. The van der Waals surface area contributed by atoms with Gasteiger partial charge in [-0.2, -0.15) is 5.10 Å². The number of aliphatic hydroxyl groups is 1. The van der Waals surface area contributed by atoms with E-state index >= 15 is 0 Å². The van der Waals surface area contributed by atoms with Crippen molar-refractivity contribution in [3.63, 3.8) is 0 Å². The van der Waals surface area contributed by atoms with Crippen molar-refractivity contribution in [2.45, 2.75) is 25.9 Å². The molecule has 4 N–H and O–H groups in total. The molecule has 7 heteroatoms. The summed E-state index contributed by atoms with van der Waals surface area (Å²) in [5, 5.41) is 22.0. The molecule has 6 nitrogen and oxygen atoms in total. The highest BCUT2D eigenvalue weighted by Crippen LogP contribution is 2.12. The van der Waals surface area contributed by atoms with E-state index in [1.54, 1.807) is 6.20 Å². The van der Waals surface area contributed by atoms with Gasteiger partial charge in [-0.25, -0.2) is 9.18 Å². The number of benzene rings is 1. The van der Waals surface area contributed by atoms with Crippen LogP contribution in [0.4, 0.5) is 9.18 Å². The van der Waals surface area contributed by atoms with Gasteiger partial charge in [-0.05, 0) is 43.0 Å². The number of carbonyl (C=O) groups excluding carboxylic acids is 1. The van der Waals surface area contributed by atoms with E-state index in [1.165, 1.54) is 24.3 Å². The minimum atomic E-state index is -0.866. The Balaban J connectivity index is 1.63. The maximum absolute atomic E-state index is 12.8. The third kappa shape index (κ3) is 5.37. The van der Waals surface area contributed by atoms with Crippen LogP contribution < -0.4 is 10.6 Å². The van der Waals surface area contributed by atoms with Crippen LogP contribution in [0.15, 0.2) is 30.5 Å². The smallest absolute Gasteiger partial charge is 0.314 e. The van der Waals surface area contributed by atoms with E-state index in [0.717, 1.165) is 24.1 Å². The molecule has 0 radical (unpaired) electrons. The van der Waals surface area contributed by atoms with Crippen molar-refractivity contribution in [2.75, 3.05) is 13.1 Å². The molecule has 1 aromatic heterocycles. The summed E-state index contributed by atoms with van der Waals surface area (Å²) in [4.78, 5) is 11.6. The quantitative estimate of drug-likeness (QED) is 0.587. The van der Waals surface area contributed by atoms with Crippen molar-refractivity contribution in [1.82, 2.24) is 20.8 Å². The summed E-state index contributed by atoms with van der Waals surface area (Å²) in [6.45, 7) is 2.56. The van der Waals surface area contributed by atoms with Crippen molar-refractivity contribution < 1.29 is 14.3 Å². The minimum absolute atomic E-state index is 0.0678. The lowest BCUT2D eigenvalue weighted by Crippen LogP contribution is -2.38. The molecule has 0 spiro atoms. The zero-order valence-electron chi connectivity index (χ0n) is 13.0. The highest BCUT2D eigenvalue weighted by molar-refractivity contribution is 5.73. The van der Waals surface area contributed by atoms with Crippen molar-refractivity contribution in [3.05, 3.63) is 53.1 Å². The van der Waals surface area contributed by atoms with E-state index < -0.39 is 6.10 Å². The number of H-pyrrole nitrogens is 1. The number of nitrogens with one attached hydrogen (secondary N) is 3. The van der Waals surface area contributed by atoms with Gasteiger partial charge in [-0.15, -0.1) is 0 Å². The van der Waals surface area contributed by atoms with Crippen LogP contribution in [0.1, 0.15) is 29.3 Å². The predicted molar refractivity (Wildman–Crippen MR) is 84.4 cm³/mol. The van der Waals surface area contributed by atoms with Gasteiger partial charge >= 0.3 is 6.03 Å². The van der Waals surface area contributed by atoms with Crippen LogP contribution >= 0.6 is 0 Å². The summed E-state index contributed by atoms with van der Waals surface area (Å²) >= 11 is 0. The van der Waals surface area contributed by atoms with Crippen LogP contribution in [-0.2, 0) is 6.42 Å². The first-order valence-electron chi connectivity index (χ1n) is 7.50. The highest BCUT2D eigenvalue weighted by atomic mass is 19.1. The molecule has 124 valence electrons. The zero-order valence-corrected chi connectivity index (χ0v) is 13.0. The van der Waals surface area contributed by atoms with E-state index in [0.29, 0.717) is 12.1 Å². The fourth-order valence-electron chi connectivity index (χ4n) is 2.16. The van der Waals surface area contributed by atoms with Crippen LogP contribution in [-0.4, -0.2) is 34.4 Å². The molecular weight excluding hydrogens is 299 g/mol. The first-order valence-corrected chi connectivity index (χ1v) is 7.50. The van der Waals surface area contributed by atoms with Gasteiger partial charge in [0, 0.05) is 18.8 Å². The first-order chi connectivity index (χ1) is 11.1. The number of halogens is 1. The Hall–Kier alpha value is -2.41. The van der Waals surface area contributed by atoms with E-state index in [9.17, 15) is 14.3 Å². The third-order valence-corrected chi connectivity index (χ3v) is 3.55. The van der Waals surface area contributed by atoms with Crippen molar-refractivity contribution >= 4 is 6.03 Å². The van der Waals surface area contributed by atoms with Gasteiger partial charge in [0.05, 0.1) is 12.3 Å². The van der Waals surface area contributed by atoms with Gasteiger partial charge in [0.1, 0.15) is 5.82 Å². The normalized spacial score (nSPS) is 12.0. The van der Waals surface area contributed by atoms with Crippen molar-refractivity contribution in [2.24, 2.45) is 0 Å². The number of hydrogen-bond acceptors (Lipinski definition) is 3. The SMILES string of the molecule is Cc1[nH]ncc1CCCNC(=O)NCC(O)c1ccc(F)cc1. The molecule has 0 saturated carbocycles. The second-order valence-electron chi connectivity index (χ2n) is 5.33. The number of aliphatic hydroxyl groups excluding tert-OH is 1. The van der Waals surface area contributed by atoms with Gasteiger partial charge in [-0.1, -0.05) is 12.1 Å². The number of aryl methyl sites for hydroxylation is 2. The molecule has 0 aliphatic carbocycles. The Morgan fingerprint density at radius 2 is 2.09 bits per heavy atom. The van der Waals surface area contributed by atoms with Gasteiger partial charge in [0.2, 0.25) is 0 Å². The van der Waals surface area contributed by atoms with Gasteiger partial charge in [-0.3, -0.25) is 5.10 Å². The third-order valence-electron chi connectivity index (χ3n) is 3.55. The van der Waals surface area contributed by atoms with E-state index in [4.69, 9.17) is 0 Å². The van der Waals surface area contributed by atoms with E-state index in [-0.39, 0.29) is 18.4 Å². The number of amides is 2. The van der Waals surface area contributed by atoms with E-state index in [2.05, 4.69) is 20.8 Å². The van der Waals surface area contributed by atoms with Crippen molar-refractivity contribution in [3.8, 4) is 0 Å². The number of nitrogens with zero attached hydrogens (tertiary/aromatic N) is 1. The topological polar surface area (TPSA) is 90.0 Å². The lowest BCUT2D eigenvalue weighted by atomic mass is 10.1. The standard InChI is InChI=1S/C16H21FN4O2/c1-11-13(9-20-21-11)3-2-8-18-16(23)19-10-15(22)12-4-6-14(17)7-5-12/h4-7,9,15,22H,2-3,8,10H2,1H3,(H,20,21)(H2,18,19,23). The Morgan fingerprint density at radius 3 is 2.74 bits per heavy atom. The molecule has 0 aliphatic rings. The van der Waals surface area contributed by atoms with Crippen LogP contribution in [0.5, 0.6) is 0 Å². The number of rotatable bonds is 7. The molecule has 23 heavy (non-hydrogen) atoms. The fourth-order valence-corrected chi connectivity index (χ4v) is 2.16. The number of carbonyl (C=O) groups is 1. The molecule has 2 aromatic rings. The van der Waals surface area contributed by atoms with Gasteiger partial charge in [0.25, 0.3) is 0 Å². The summed E-state index contributed by atoms with van der Waals surface area (Å²) in [5.41, 5.74) is 2.73. The molecule has 0 fully saturated rings. The lowest BCUT2D eigenvalue weighted by Gasteiger charge is -2.13. The minimum Gasteiger partial charge on any atom is -0.387 e. The Morgan fingerprint density at radius 1 is 1.35 bits per heavy atom. The monoisotopic (exact) mass is 320 g/mol. The largest absolute Gasteiger partial charge is 0.387 e. The predicted octanol–water partition coefficient (Wildman–Crippen LogP) is 1.82. The molecular formula is C16H21FN4O2. The van der Waals surface area contributed by atoms with Crippen LogP contribution in [0.3, 0.4) is 0 Å². The molecule has 0 aliphatic heterocycles. The van der Waals surface area contributed by atoms with E-state index in [1.807, 2.05) is 6.92 Å². The summed E-state index contributed by atoms with van der Waals surface area (Å²) in [6, 6.07) is 5.20.